The van der Waals surface area contributed by atoms with Gasteiger partial charge in [0.05, 0.1) is 11.3 Å². The Hall–Kier alpha value is -2.71. The molecule has 2 N–H and O–H groups in total. The minimum atomic E-state index is -0.806. The fourth-order valence-electron chi connectivity index (χ4n) is 4.90. The fourth-order valence-corrected chi connectivity index (χ4v) is 5.10. The van der Waals surface area contributed by atoms with Gasteiger partial charge < -0.3 is 15.5 Å². The van der Waals surface area contributed by atoms with Crippen LogP contribution in [0.3, 0.4) is 0 Å². The average Bonchev–Trinajstić information content (AvgIpc) is 3.28. The molecular formula is C23H27ClN5O3. The smallest absolute Gasteiger partial charge is 0.348 e. The van der Waals surface area contributed by atoms with E-state index in [9.17, 15) is 14.4 Å². The van der Waals surface area contributed by atoms with E-state index in [-0.39, 0.29) is 22.9 Å². The van der Waals surface area contributed by atoms with Crippen molar-refractivity contribution < 1.29 is 9.59 Å². The van der Waals surface area contributed by atoms with Crippen molar-refractivity contribution in [1.82, 2.24) is 19.4 Å². The highest BCUT2D eigenvalue weighted by molar-refractivity contribution is 6.30. The fraction of sp³-hybridized carbons (Fsp3) is 0.435. The van der Waals surface area contributed by atoms with Crippen LogP contribution in [0.2, 0.25) is 5.02 Å². The third-order valence-corrected chi connectivity index (χ3v) is 6.69. The molecule has 2 aromatic rings. The van der Waals surface area contributed by atoms with Gasteiger partial charge in [0, 0.05) is 38.2 Å². The van der Waals surface area contributed by atoms with Crippen molar-refractivity contribution in [1.29, 1.82) is 0 Å². The summed E-state index contributed by atoms with van der Waals surface area (Å²) in [5, 5.41) is 0.739. The topological polar surface area (TPSA) is 102 Å². The van der Waals surface area contributed by atoms with Crippen LogP contribution in [0.1, 0.15) is 38.5 Å². The molecule has 2 aliphatic rings. The zero-order chi connectivity index (χ0) is 23.0. The number of rotatable bonds is 6. The number of fused-ring (bicyclic) bond motifs is 1. The standard InChI is InChI=1S/C23H27ClN5O3/c1-14-19(20(21(25)30)27(2)23(32)26-14)22(31)29-12-16-10-28(11-17(16)13-29)8-4-6-15-5-3-7-18(24)9-15/h3,5-7,9,16-17H,4,8,10-13H2,1-2H3,(H2,25,30)/t16-,17?/m0/s1. The van der Waals surface area contributed by atoms with Gasteiger partial charge in [-0.05, 0) is 55.8 Å². The van der Waals surface area contributed by atoms with Gasteiger partial charge in [0.25, 0.3) is 11.8 Å². The summed E-state index contributed by atoms with van der Waals surface area (Å²) in [6.07, 6.45) is 3.13. The number of likely N-dealkylation sites (tertiary alicyclic amines) is 2. The van der Waals surface area contributed by atoms with Gasteiger partial charge in [-0.3, -0.25) is 14.2 Å². The average molecular weight is 457 g/mol. The Morgan fingerprint density at radius 3 is 2.53 bits per heavy atom. The van der Waals surface area contributed by atoms with E-state index in [0.29, 0.717) is 24.9 Å². The first kappa shape index (κ1) is 22.5. The Morgan fingerprint density at radius 1 is 1.22 bits per heavy atom. The predicted octanol–water partition coefficient (Wildman–Crippen LogP) is 1.49. The molecule has 9 heteroatoms. The van der Waals surface area contributed by atoms with E-state index in [0.717, 1.165) is 41.2 Å². The van der Waals surface area contributed by atoms with Crippen LogP contribution in [0.15, 0.2) is 29.1 Å². The molecule has 1 unspecified atom stereocenters. The maximum atomic E-state index is 13.3. The molecule has 2 saturated heterocycles. The number of nitrogens with zero attached hydrogens (tertiary/aromatic N) is 4. The third kappa shape index (κ3) is 4.42. The zero-order valence-electron chi connectivity index (χ0n) is 18.3. The summed E-state index contributed by atoms with van der Waals surface area (Å²) < 4.78 is 1.05. The number of aryl methyl sites for hydroxylation is 1. The van der Waals surface area contributed by atoms with Crippen molar-refractivity contribution in [3.8, 4) is 0 Å². The minimum Gasteiger partial charge on any atom is -0.364 e. The molecule has 2 fully saturated rings. The monoisotopic (exact) mass is 456 g/mol. The lowest BCUT2D eigenvalue weighted by Gasteiger charge is -2.23. The number of nitrogens with two attached hydrogens (primary N) is 1. The molecule has 8 nitrogen and oxygen atoms in total. The molecule has 2 atom stereocenters. The SMILES string of the molecule is Cc1nc(=O)n(C)c(C(N)=O)c1C(=O)N1CC2CN(CC[CH]c3cccc(Cl)c3)C[C@H]2C1. The zero-order valence-corrected chi connectivity index (χ0v) is 19.0. The second-order valence-corrected chi connectivity index (χ2v) is 9.10. The van der Waals surface area contributed by atoms with E-state index in [2.05, 4.69) is 16.3 Å². The van der Waals surface area contributed by atoms with E-state index in [1.165, 1.54) is 7.05 Å². The number of benzene rings is 1. The Labute approximate surface area is 192 Å². The normalized spacial score (nSPS) is 20.5. The van der Waals surface area contributed by atoms with E-state index in [1.807, 2.05) is 24.3 Å². The van der Waals surface area contributed by atoms with Gasteiger partial charge in [0.1, 0.15) is 5.69 Å². The lowest BCUT2D eigenvalue weighted by molar-refractivity contribution is 0.0765. The van der Waals surface area contributed by atoms with Crippen LogP contribution >= 0.6 is 11.6 Å². The number of aromatic nitrogens is 2. The summed E-state index contributed by atoms with van der Waals surface area (Å²) in [5.74, 6) is -0.305. The molecule has 1 radical (unpaired) electrons. The Bertz CT molecular complexity index is 1100. The molecule has 0 aliphatic carbocycles. The van der Waals surface area contributed by atoms with Crippen molar-refractivity contribution in [3.63, 3.8) is 0 Å². The van der Waals surface area contributed by atoms with Crippen LogP contribution < -0.4 is 11.4 Å². The minimum absolute atomic E-state index is 0.0808. The van der Waals surface area contributed by atoms with E-state index in [4.69, 9.17) is 17.3 Å². The Morgan fingerprint density at radius 2 is 1.91 bits per heavy atom. The first-order valence-corrected chi connectivity index (χ1v) is 11.1. The third-order valence-electron chi connectivity index (χ3n) is 6.45. The highest BCUT2D eigenvalue weighted by Crippen LogP contribution is 2.32. The van der Waals surface area contributed by atoms with E-state index >= 15 is 0 Å². The molecule has 2 amide bonds. The van der Waals surface area contributed by atoms with Crippen molar-refractivity contribution in [2.75, 3.05) is 32.7 Å². The van der Waals surface area contributed by atoms with Crippen molar-refractivity contribution in [2.24, 2.45) is 24.6 Å². The number of carbonyl (C=O) groups is 2. The highest BCUT2D eigenvalue weighted by Gasteiger charge is 2.42. The molecule has 1 aromatic carbocycles. The largest absolute Gasteiger partial charge is 0.364 e. The van der Waals surface area contributed by atoms with Crippen molar-refractivity contribution >= 4 is 23.4 Å². The Kier molecular flexibility index (Phi) is 6.35. The summed E-state index contributed by atoms with van der Waals surface area (Å²) in [7, 11) is 1.41. The summed E-state index contributed by atoms with van der Waals surface area (Å²) >= 11 is 6.04. The van der Waals surface area contributed by atoms with Crippen molar-refractivity contribution in [3.05, 3.63) is 68.7 Å². The molecule has 32 heavy (non-hydrogen) atoms. The van der Waals surface area contributed by atoms with Crippen LogP contribution in [0.5, 0.6) is 0 Å². The number of halogens is 1. The number of hydrogen-bond donors (Lipinski definition) is 1. The lowest BCUT2D eigenvalue weighted by Crippen LogP contribution is -2.39. The van der Waals surface area contributed by atoms with Crippen LogP contribution in [0.4, 0.5) is 0 Å². The molecule has 4 rings (SSSR count). The van der Waals surface area contributed by atoms with E-state index < -0.39 is 11.6 Å². The number of hydrogen-bond acceptors (Lipinski definition) is 5. The summed E-state index contributed by atoms with van der Waals surface area (Å²) in [6, 6.07) is 7.82. The molecule has 1 aromatic heterocycles. The van der Waals surface area contributed by atoms with Gasteiger partial charge in [0.2, 0.25) is 0 Å². The second-order valence-electron chi connectivity index (χ2n) is 8.66. The molecule has 3 heterocycles. The van der Waals surface area contributed by atoms with Gasteiger partial charge in [-0.1, -0.05) is 23.7 Å². The van der Waals surface area contributed by atoms with Gasteiger partial charge in [-0.2, -0.15) is 4.98 Å². The second kappa shape index (κ2) is 9.03. The van der Waals surface area contributed by atoms with E-state index in [1.54, 1.807) is 11.8 Å². The molecule has 0 spiro atoms. The molecule has 0 bridgehead atoms. The van der Waals surface area contributed by atoms with Crippen LogP contribution in [0, 0.1) is 25.2 Å². The maximum absolute atomic E-state index is 13.3. The van der Waals surface area contributed by atoms with Gasteiger partial charge in [0.15, 0.2) is 0 Å². The van der Waals surface area contributed by atoms with Crippen LogP contribution in [-0.2, 0) is 7.05 Å². The summed E-state index contributed by atoms with van der Waals surface area (Å²) in [6.45, 7) is 5.65. The summed E-state index contributed by atoms with van der Waals surface area (Å²) in [4.78, 5) is 45.3. The van der Waals surface area contributed by atoms with Crippen LogP contribution in [0.25, 0.3) is 0 Å². The molecule has 169 valence electrons. The first-order valence-electron chi connectivity index (χ1n) is 10.7. The van der Waals surface area contributed by atoms with Crippen molar-refractivity contribution in [2.45, 2.75) is 13.3 Å². The first-order chi connectivity index (χ1) is 15.2. The molecular weight excluding hydrogens is 430 g/mol. The van der Waals surface area contributed by atoms with Gasteiger partial charge in [-0.15, -0.1) is 0 Å². The number of amides is 2. The maximum Gasteiger partial charge on any atom is 0.348 e. The summed E-state index contributed by atoms with van der Waals surface area (Å²) in [5.41, 5.74) is 6.30. The van der Waals surface area contributed by atoms with Gasteiger partial charge >= 0.3 is 5.69 Å². The van der Waals surface area contributed by atoms with Gasteiger partial charge in [-0.25, -0.2) is 4.79 Å². The highest BCUT2D eigenvalue weighted by atomic mass is 35.5. The Balaban J connectivity index is 1.37. The number of primary amides is 1. The number of carbonyl (C=O) groups excluding carboxylic acids is 2. The predicted molar refractivity (Wildman–Crippen MR) is 122 cm³/mol. The lowest BCUT2D eigenvalue weighted by atomic mass is 10.0. The van der Waals surface area contributed by atoms with Crippen LogP contribution in [-0.4, -0.2) is 63.9 Å². The molecule has 0 saturated carbocycles. The molecule has 2 aliphatic heterocycles. The quantitative estimate of drug-likeness (QED) is 0.709.